The molecule has 17 nitrogen and oxygen atoms in total. The summed E-state index contributed by atoms with van der Waals surface area (Å²) in [5, 5.41) is 6.27. The van der Waals surface area contributed by atoms with E-state index < -0.39 is 47.9 Å². The highest BCUT2D eigenvalue weighted by atomic mass is 19.1. The number of hydrogen-bond donors (Lipinski definition) is 3. The quantitative estimate of drug-likeness (QED) is 0.103. The maximum absolute atomic E-state index is 15.0. The fourth-order valence-electron chi connectivity index (χ4n) is 9.44. The summed E-state index contributed by atoms with van der Waals surface area (Å²) < 4.78 is 22.4. The maximum Gasteiger partial charge on any atom is 0.264 e. The molecular weight excluding hydrogens is 810 g/mol. The molecule has 4 aliphatic rings. The van der Waals surface area contributed by atoms with Crippen LogP contribution in [0, 0.1) is 0 Å². The molecule has 63 heavy (non-hydrogen) atoms. The number of likely N-dealkylation sites (tertiary alicyclic amines) is 1. The number of halogens is 1. The Morgan fingerprint density at radius 2 is 1.79 bits per heavy atom. The third kappa shape index (κ3) is 8.96. The van der Waals surface area contributed by atoms with E-state index in [1.54, 1.807) is 36.8 Å². The summed E-state index contributed by atoms with van der Waals surface area (Å²) in [5.74, 6) is -0.759. The molecule has 3 fully saturated rings. The number of fused-ring (bicyclic) bond motifs is 2. The van der Waals surface area contributed by atoms with Gasteiger partial charge in [0.15, 0.2) is 0 Å². The molecule has 4 aliphatic heterocycles. The highest BCUT2D eigenvalue weighted by Gasteiger charge is 2.45. The van der Waals surface area contributed by atoms with Gasteiger partial charge < -0.3 is 35.1 Å². The Kier molecular flexibility index (Phi) is 13.0. The molecule has 4 aromatic rings. The maximum atomic E-state index is 15.0. The minimum absolute atomic E-state index is 0.0592. The van der Waals surface area contributed by atoms with Crippen LogP contribution in [0.15, 0.2) is 48.9 Å². The van der Waals surface area contributed by atoms with Crippen LogP contribution < -0.4 is 26.2 Å². The molecule has 1 aromatic carbocycles. The van der Waals surface area contributed by atoms with Crippen LogP contribution in [0.2, 0.25) is 0 Å². The van der Waals surface area contributed by atoms with Crippen LogP contribution in [0.5, 0.6) is 0 Å². The van der Waals surface area contributed by atoms with Gasteiger partial charge in [-0.1, -0.05) is 18.9 Å². The van der Waals surface area contributed by atoms with Crippen molar-refractivity contribution in [1.82, 2.24) is 34.6 Å². The van der Waals surface area contributed by atoms with Gasteiger partial charge in [-0.15, -0.1) is 0 Å². The lowest BCUT2D eigenvalue weighted by atomic mass is 10.0. The number of nitrogens with zero attached hydrogens (tertiary/aromatic N) is 8. The first-order chi connectivity index (χ1) is 30.4. The Morgan fingerprint density at radius 1 is 1.00 bits per heavy atom. The monoisotopic (exact) mass is 865 g/mol. The smallest absolute Gasteiger partial charge is 0.264 e. The molecule has 4 N–H and O–H groups in total. The average Bonchev–Trinajstić information content (AvgIpc) is 3.79. The van der Waals surface area contributed by atoms with Crippen molar-refractivity contribution < 1.29 is 33.1 Å². The summed E-state index contributed by atoms with van der Waals surface area (Å²) in [6.07, 6.45) is 9.96. The molecule has 0 radical (unpaired) electrons. The number of imide groups is 2. The number of nitrogens with one attached hydrogen (secondary N) is 2. The molecule has 18 heteroatoms. The fraction of sp³-hybridized carbons (Fsp3) is 0.511. The second-order valence-corrected chi connectivity index (χ2v) is 17.2. The van der Waals surface area contributed by atoms with E-state index in [-0.39, 0.29) is 42.6 Å². The topological polar surface area (TPSA) is 201 Å². The second-order valence-electron chi connectivity index (χ2n) is 17.2. The van der Waals surface area contributed by atoms with Gasteiger partial charge in [-0.3, -0.25) is 34.2 Å². The first-order valence-electron chi connectivity index (χ1n) is 22.1. The van der Waals surface area contributed by atoms with E-state index >= 15 is 0 Å². The summed E-state index contributed by atoms with van der Waals surface area (Å²) in [5.41, 5.74) is 8.15. The van der Waals surface area contributed by atoms with Crippen molar-refractivity contribution in [3.63, 3.8) is 0 Å². The standard InChI is InChI=1S/C45H56FN11O6/c1-27(2)55-25-31(41(47)59)30-24-50-38(23-35(30)55)56(37-13-18-49-45(51-37)54-22-16-36(63-3)32(46)26-54)28-14-20-53(21-15-28)19-7-5-4-6-17-48-33-10-8-9-29-40(33)44(62)57(43(29)61)34-11-12-39(58)52-42(34)60/h8-10,13,18,23-25,27-28,32,34,36,48H,4-7,11-12,14-17,19-22,26H2,1-3H3,(H2,47,59)(H,52,58,60). The molecule has 0 saturated carbocycles. The molecule has 334 valence electrons. The zero-order chi connectivity index (χ0) is 44.4. The first kappa shape index (κ1) is 43.6. The zero-order valence-electron chi connectivity index (χ0n) is 36.1. The van der Waals surface area contributed by atoms with E-state index in [1.807, 2.05) is 21.6 Å². The van der Waals surface area contributed by atoms with Crippen LogP contribution in [0.3, 0.4) is 0 Å². The number of carbonyl (C=O) groups excluding carboxylic acids is 5. The third-order valence-electron chi connectivity index (χ3n) is 12.8. The Balaban J connectivity index is 0.878. The van der Waals surface area contributed by atoms with Gasteiger partial charge in [-0.05, 0) is 77.1 Å². The molecular formula is C45H56FN11O6. The minimum Gasteiger partial charge on any atom is -0.384 e. The number of amides is 5. The van der Waals surface area contributed by atoms with Crippen molar-refractivity contribution in [2.75, 3.05) is 61.5 Å². The predicted octanol–water partition coefficient (Wildman–Crippen LogP) is 4.75. The molecule has 0 spiro atoms. The number of anilines is 4. The fourth-order valence-corrected chi connectivity index (χ4v) is 9.44. The van der Waals surface area contributed by atoms with Gasteiger partial charge in [0.05, 0.1) is 34.9 Å². The number of piperidine rings is 3. The molecule has 3 unspecified atom stereocenters. The van der Waals surface area contributed by atoms with E-state index in [1.165, 1.54) is 7.11 Å². The lowest BCUT2D eigenvalue weighted by molar-refractivity contribution is -0.136. The SMILES string of the molecule is COC1CCN(c2nccc(N(c3cc4c(cn3)c(C(N)=O)cn4C(C)C)C3CCN(CCCCCCNc4cccc5c4C(=O)N(C4CCC(=O)NC4=O)C5=O)CC3)n2)CC1F. The first-order valence-corrected chi connectivity index (χ1v) is 22.1. The number of ether oxygens (including phenoxy) is 1. The van der Waals surface area contributed by atoms with Crippen molar-refractivity contribution in [2.24, 2.45) is 5.73 Å². The number of pyridine rings is 1. The summed E-state index contributed by atoms with van der Waals surface area (Å²) in [6.45, 7) is 8.17. The van der Waals surface area contributed by atoms with E-state index in [4.69, 9.17) is 20.4 Å². The summed E-state index contributed by atoms with van der Waals surface area (Å²) in [7, 11) is 1.54. The molecule has 5 amide bonds. The van der Waals surface area contributed by atoms with Crippen LogP contribution in [-0.2, 0) is 14.3 Å². The third-order valence-corrected chi connectivity index (χ3v) is 12.8. The zero-order valence-corrected chi connectivity index (χ0v) is 36.1. The van der Waals surface area contributed by atoms with Crippen LogP contribution >= 0.6 is 0 Å². The number of carbonyl (C=O) groups is 5. The number of primary amides is 1. The number of alkyl halides is 1. The molecule has 7 heterocycles. The van der Waals surface area contributed by atoms with Crippen LogP contribution in [0.25, 0.3) is 10.9 Å². The predicted molar refractivity (Wildman–Crippen MR) is 235 cm³/mol. The normalized spacial score (nSPS) is 21.1. The van der Waals surface area contributed by atoms with Crippen molar-refractivity contribution >= 4 is 63.7 Å². The van der Waals surface area contributed by atoms with Crippen LogP contribution in [0.1, 0.15) is 109 Å². The van der Waals surface area contributed by atoms with Gasteiger partial charge in [0.2, 0.25) is 17.8 Å². The van der Waals surface area contributed by atoms with Gasteiger partial charge >= 0.3 is 0 Å². The number of aromatic nitrogens is 4. The lowest BCUT2D eigenvalue weighted by Crippen LogP contribution is -2.54. The molecule has 8 rings (SSSR count). The van der Waals surface area contributed by atoms with E-state index in [2.05, 4.69) is 39.3 Å². The lowest BCUT2D eigenvalue weighted by Gasteiger charge is -2.39. The largest absolute Gasteiger partial charge is 0.384 e. The van der Waals surface area contributed by atoms with E-state index in [0.29, 0.717) is 53.7 Å². The van der Waals surface area contributed by atoms with Crippen molar-refractivity contribution in [1.29, 1.82) is 0 Å². The summed E-state index contributed by atoms with van der Waals surface area (Å²) in [6, 6.07) is 8.10. The van der Waals surface area contributed by atoms with Gasteiger partial charge in [-0.25, -0.2) is 14.4 Å². The van der Waals surface area contributed by atoms with Crippen LogP contribution in [-0.4, -0.2) is 130 Å². The highest BCUT2D eigenvalue weighted by Crippen LogP contribution is 2.36. The van der Waals surface area contributed by atoms with Gasteiger partial charge in [0.25, 0.3) is 17.7 Å². The molecule has 3 aromatic heterocycles. The number of nitrogens with two attached hydrogens (primary N) is 1. The summed E-state index contributed by atoms with van der Waals surface area (Å²) >= 11 is 0. The Hall–Kier alpha value is -6.01. The number of unbranched alkanes of at least 4 members (excludes halogenated alkanes) is 3. The van der Waals surface area contributed by atoms with Gasteiger partial charge in [0, 0.05) is 87.5 Å². The van der Waals surface area contributed by atoms with E-state index in [9.17, 15) is 28.4 Å². The van der Waals surface area contributed by atoms with Crippen molar-refractivity contribution in [2.45, 2.75) is 102 Å². The Bertz CT molecular complexity index is 2380. The molecule has 0 aliphatic carbocycles. The number of rotatable bonds is 16. The van der Waals surface area contributed by atoms with E-state index in [0.717, 1.165) is 68.6 Å². The molecule has 3 atom stereocenters. The molecule has 3 saturated heterocycles. The highest BCUT2D eigenvalue weighted by molar-refractivity contribution is 6.25. The van der Waals surface area contributed by atoms with Gasteiger partial charge in [-0.2, -0.15) is 4.98 Å². The minimum atomic E-state index is -1.16. The van der Waals surface area contributed by atoms with Crippen molar-refractivity contribution in [3.05, 3.63) is 65.6 Å². The Morgan fingerprint density at radius 3 is 2.52 bits per heavy atom. The summed E-state index contributed by atoms with van der Waals surface area (Å²) in [4.78, 5) is 85.2. The van der Waals surface area contributed by atoms with Gasteiger partial charge in [0.1, 0.15) is 23.8 Å². The Labute approximate surface area is 365 Å². The average molecular weight is 866 g/mol. The van der Waals surface area contributed by atoms with Crippen molar-refractivity contribution in [3.8, 4) is 0 Å². The number of benzene rings is 1. The second kappa shape index (κ2) is 18.8. The number of hydrogen-bond acceptors (Lipinski definition) is 13. The molecule has 0 bridgehead atoms. The van der Waals surface area contributed by atoms with Crippen LogP contribution in [0.4, 0.5) is 27.7 Å². The number of methoxy groups -OCH3 is 1.